The predicted molar refractivity (Wildman–Crippen MR) is 77.2 cm³/mol. The van der Waals surface area contributed by atoms with Crippen molar-refractivity contribution in [2.24, 2.45) is 0 Å². The molecule has 0 aromatic rings. The molecule has 0 spiro atoms. The first kappa shape index (κ1) is 19.1. The molecule has 0 amide bonds. The third-order valence-electron chi connectivity index (χ3n) is 2.96. The van der Waals surface area contributed by atoms with Gasteiger partial charge >= 0.3 is 17.9 Å². The van der Waals surface area contributed by atoms with Gasteiger partial charge in [-0.1, -0.05) is 6.08 Å². The third-order valence-corrected chi connectivity index (χ3v) is 2.96. The molecule has 0 bridgehead atoms. The minimum absolute atomic E-state index is 0.103. The summed E-state index contributed by atoms with van der Waals surface area (Å²) in [4.78, 5) is 33.4. The van der Waals surface area contributed by atoms with E-state index >= 15 is 0 Å². The molecule has 1 aliphatic heterocycles. The fourth-order valence-corrected chi connectivity index (χ4v) is 2.15. The van der Waals surface area contributed by atoms with E-state index < -0.39 is 42.5 Å². The molecular weight excluding hydrogens is 308 g/mol. The number of hydrogen-bond acceptors (Lipinski definition) is 8. The lowest BCUT2D eigenvalue weighted by molar-refractivity contribution is -0.274. The first-order valence-electron chi connectivity index (χ1n) is 7.19. The second-order valence-electron chi connectivity index (χ2n) is 5.00. The lowest BCUT2D eigenvalue weighted by Gasteiger charge is -2.39. The van der Waals surface area contributed by atoms with Crippen molar-refractivity contribution >= 4 is 17.9 Å². The fourth-order valence-electron chi connectivity index (χ4n) is 2.15. The number of hydrogen-bond donors (Lipinski definition) is 0. The van der Waals surface area contributed by atoms with Crippen LogP contribution >= 0.6 is 0 Å². The summed E-state index contributed by atoms with van der Waals surface area (Å²) in [6.07, 6.45) is -1.36. The van der Waals surface area contributed by atoms with Crippen LogP contribution in [0.3, 0.4) is 0 Å². The molecule has 0 N–H and O–H groups in total. The second kappa shape index (κ2) is 9.26. The molecule has 0 saturated carbocycles. The fraction of sp³-hybridized carbons (Fsp3) is 0.667. The molecule has 1 rings (SSSR count). The summed E-state index contributed by atoms with van der Waals surface area (Å²) in [5, 5.41) is 0. The van der Waals surface area contributed by atoms with Crippen LogP contribution in [-0.2, 0) is 38.1 Å². The molecule has 4 atom stereocenters. The highest BCUT2D eigenvalue weighted by Gasteiger charge is 2.42. The first-order chi connectivity index (χ1) is 10.8. The molecule has 1 heterocycles. The average Bonchev–Trinajstić information content (AvgIpc) is 2.43. The van der Waals surface area contributed by atoms with Crippen molar-refractivity contribution in [3.63, 3.8) is 0 Å². The summed E-state index contributed by atoms with van der Waals surface area (Å²) < 4.78 is 26.4. The number of ether oxygens (including phenoxy) is 5. The van der Waals surface area contributed by atoms with Gasteiger partial charge in [0.15, 0.2) is 12.4 Å². The van der Waals surface area contributed by atoms with Crippen LogP contribution in [0.25, 0.3) is 0 Å². The van der Waals surface area contributed by atoms with E-state index in [9.17, 15) is 14.4 Å². The van der Waals surface area contributed by atoms with Gasteiger partial charge in [-0.05, 0) is 0 Å². The summed E-state index contributed by atoms with van der Waals surface area (Å²) in [5.41, 5.74) is 0. The number of rotatable bonds is 7. The molecule has 1 aliphatic rings. The smallest absolute Gasteiger partial charge is 0.303 e. The normalized spacial score (nSPS) is 26.9. The number of carbonyl (C=O) groups excluding carboxylic acids is 3. The molecule has 8 heteroatoms. The third kappa shape index (κ3) is 6.79. The summed E-state index contributed by atoms with van der Waals surface area (Å²) in [6, 6.07) is 0. The van der Waals surface area contributed by atoms with Gasteiger partial charge < -0.3 is 23.7 Å². The quantitative estimate of drug-likeness (QED) is 0.383. The van der Waals surface area contributed by atoms with E-state index in [-0.39, 0.29) is 19.6 Å². The van der Waals surface area contributed by atoms with Crippen LogP contribution in [0.2, 0.25) is 0 Å². The molecule has 8 nitrogen and oxygen atoms in total. The molecule has 23 heavy (non-hydrogen) atoms. The van der Waals surface area contributed by atoms with Gasteiger partial charge in [-0.3, -0.25) is 14.4 Å². The van der Waals surface area contributed by atoms with Crippen molar-refractivity contribution in [3.05, 3.63) is 12.7 Å². The maximum atomic E-state index is 11.2. The highest BCUT2D eigenvalue weighted by molar-refractivity contribution is 5.67. The zero-order valence-electron chi connectivity index (χ0n) is 13.5. The zero-order valence-corrected chi connectivity index (χ0v) is 13.5. The van der Waals surface area contributed by atoms with Crippen LogP contribution < -0.4 is 0 Å². The average molecular weight is 330 g/mol. The maximum absolute atomic E-state index is 11.2. The lowest BCUT2D eigenvalue weighted by atomic mass is 10.0. The summed E-state index contributed by atoms with van der Waals surface area (Å²) >= 11 is 0. The van der Waals surface area contributed by atoms with E-state index in [2.05, 4.69) is 6.58 Å². The van der Waals surface area contributed by atoms with Crippen LogP contribution in [-0.4, -0.2) is 55.7 Å². The van der Waals surface area contributed by atoms with Gasteiger partial charge in [0.1, 0.15) is 18.8 Å². The van der Waals surface area contributed by atoms with Gasteiger partial charge in [-0.15, -0.1) is 6.58 Å². The van der Waals surface area contributed by atoms with Crippen molar-refractivity contribution in [3.8, 4) is 0 Å². The predicted octanol–water partition coefficient (Wildman–Crippen LogP) is 0.730. The van der Waals surface area contributed by atoms with Gasteiger partial charge in [0, 0.05) is 27.2 Å². The first-order valence-corrected chi connectivity index (χ1v) is 7.19. The van der Waals surface area contributed by atoms with Crippen LogP contribution in [0.5, 0.6) is 0 Å². The summed E-state index contributed by atoms with van der Waals surface area (Å²) in [5.74, 6) is -1.51. The number of carbonyl (C=O) groups is 3. The Morgan fingerprint density at radius 3 is 2.22 bits per heavy atom. The molecule has 0 radical (unpaired) electrons. The van der Waals surface area contributed by atoms with Gasteiger partial charge in [0.05, 0.1) is 6.61 Å². The molecule has 0 aliphatic carbocycles. The Labute approximate surface area is 134 Å². The molecule has 0 unspecified atom stereocenters. The van der Waals surface area contributed by atoms with E-state index in [0.717, 1.165) is 0 Å². The summed E-state index contributed by atoms with van der Waals surface area (Å²) in [6.45, 7) is 7.39. The van der Waals surface area contributed by atoms with E-state index in [1.54, 1.807) is 0 Å². The standard InChI is InChI=1S/C15H22O8/c1-5-6-19-15-13(22-11(4)18)7-12(21-10(3)17)14(23-15)8-20-9(2)16/h5,12-15H,1,6-8H2,2-4H3/t12-,13+,14+,15+/m0/s1. The molecular formula is C15H22O8. The number of esters is 3. The van der Waals surface area contributed by atoms with Crippen LogP contribution in [0.4, 0.5) is 0 Å². The Morgan fingerprint density at radius 2 is 1.70 bits per heavy atom. The molecule has 130 valence electrons. The minimum Gasteiger partial charge on any atom is -0.463 e. The lowest BCUT2D eigenvalue weighted by Crippen LogP contribution is -2.52. The topological polar surface area (TPSA) is 97.4 Å². The van der Waals surface area contributed by atoms with Gasteiger partial charge in [-0.25, -0.2) is 0 Å². The minimum atomic E-state index is -0.871. The Kier molecular flexibility index (Phi) is 7.70. The Morgan fingerprint density at radius 1 is 1.09 bits per heavy atom. The van der Waals surface area contributed by atoms with Crippen molar-refractivity contribution < 1.29 is 38.1 Å². The van der Waals surface area contributed by atoms with Crippen LogP contribution in [0.1, 0.15) is 27.2 Å². The van der Waals surface area contributed by atoms with Crippen molar-refractivity contribution in [2.45, 2.75) is 51.8 Å². The Bertz CT molecular complexity index is 447. The van der Waals surface area contributed by atoms with Gasteiger partial charge in [0.25, 0.3) is 0 Å². The largest absolute Gasteiger partial charge is 0.463 e. The van der Waals surface area contributed by atoms with Crippen molar-refractivity contribution in [1.29, 1.82) is 0 Å². The van der Waals surface area contributed by atoms with Gasteiger partial charge in [-0.2, -0.15) is 0 Å². The van der Waals surface area contributed by atoms with Crippen LogP contribution in [0, 0.1) is 0 Å². The van der Waals surface area contributed by atoms with Crippen molar-refractivity contribution in [1.82, 2.24) is 0 Å². The zero-order chi connectivity index (χ0) is 17.4. The van der Waals surface area contributed by atoms with E-state index in [0.29, 0.717) is 0 Å². The second-order valence-corrected chi connectivity index (χ2v) is 5.00. The van der Waals surface area contributed by atoms with Crippen molar-refractivity contribution in [2.75, 3.05) is 13.2 Å². The highest BCUT2D eigenvalue weighted by atomic mass is 16.7. The molecule has 0 aromatic carbocycles. The molecule has 1 fully saturated rings. The summed E-state index contributed by atoms with van der Waals surface area (Å²) in [7, 11) is 0. The van der Waals surface area contributed by atoms with E-state index in [4.69, 9.17) is 23.7 Å². The van der Waals surface area contributed by atoms with E-state index in [1.807, 2.05) is 0 Å². The SMILES string of the molecule is C=CCO[C@@H]1O[C@H](COC(C)=O)[C@@H](OC(C)=O)C[C@H]1OC(C)=O. The van der Waals surface area contributed by atoms with E-state index in [1.165, 1.54) is 26.8 Å². The Hall–Kier alpha value is -1.93. The monoisotopic (exact) mass is 330 g/mol. The Balaban J connectivity index is 2.84. The van der Waals surface area contributed by atoms with Crippen LogP contribution in [0.15, 0.2) is 12.7 Å². The maximum Gasteiger partial charge on any atom is 0.303 e. The van der Waals surface area contributed by atoms with Gasteiger partial charge in [0.2, 0.25) is 0 Å². The molecule has 0 aromatic heterocycles. The highest BCUT2D eigenvalue weighted by Crippen LogP contribution is 2.26. The molecule has 1 saturated heterocycles.